The van der Waals surface area contributed by atoms with Gasteiger partial charge >= 0.3 is 0 Å². The van der Waals surface area contributed by atoms with E-state index in [0.717, 1.165) is 23.3 Å². The molecule has 6 nitrogen and oxygen atoms in total. The highest BCUT2D eigenvalue weighted by molar-refractivity contribution is 5.91. The van der Waals surface area contributed by atoms with Gasteiger partial charge in [-0.05, 0) is 60.5 Å². The van der Waals surface area contributed by atoms with Crippen molar-refractivity contribution in [2.24, 2.45) is 0 Å². The summed E-state index contributed by atoms with van der Waals surface area (Å²) < 4.78 is 11.5. The van der Waals surface area contributed by atoms with Crippen molar-refractivity contribution in [1.82, 2.24) is 15.3 Å². The third-order valence-electron chi connectivity index (χ3n) is 3.95. The minimum absolute atomic E-state index is 0.200. The lowest BCUT2D eigenvalue weighted by molar-refractivity contribution is -0.116. The number of nitrogens with zero attached hydrogens (tertiary/aromatic N) is 2. The summed E-state index contributed by atoms with van der Waals surface area (Å²) in [5.41, 5.74) is 1.69. The van der Waals surface area contributed by atoms with Crippen LogP contribution in [-0.2, 0) is 11.3 Å². The molecule has 6 heteroatoms. The van der Waals surface area contributed by atoms with Crippen molar-refractivity contribution in [2.45, 2.75) is 19.9 Å². The van der Waals surface area contributed by atoms with Crippen molar-refractivity contribution >= 4 is 12.0 Å². The van der Waals surface area contributed by atoms with Gasteiger partial charge in [-0.1, -0.05) is 13.0 Å². The first-order valence-corrected chi connectivity index (χ1v) is 9.45. The molecule has 148 valence electrons. The second-order valence-corrected chi connectivity index (χ2v) is 6.22. The van der Waals surface area contributed by atoms with Crippen LogP contribution < -0.4 is 14.8 Å². The van der Waals surface area contributed by atoms with E-state index < -0.39 is 0 Å². The first-order valence-electron chi connectivity index (χ1n) is 9.45. The van der Waals surface area contributed by atoms with Crippen LogP contribution in [0.4, 0.5) is 0 Å². The number of nitrogens with one attached hydrogen (secondary N) is 1. The molecule has 0 aliphatic heterocycles. The quantitative estimate of drug-likeness (QED) is 0.550. The Kier molecular flexibility index (Phi) is 7.34. The Morgan fingerprint density at radius 2 is 1.79 bits per heavy atom. The molecule has 0 saturated heterocycles. The number of rotatable bonds is 9. The lowest BCUT2D eigenvalue weighted by atomic mass is 10.2. The van der Waals surface area contributed by atoms with E-state index in [1.807, 2.05) is 48.5 Å². The largest absolute Gasteiger partial charge is 0.494 e. The van der Waals surface area contributed by atoms with Crippen molar-refractivity contribution < 1.29 is 14.3 Å². The second kappa shape index (κ2) is 10.6. The number of carbonyl (C=O) groups is 1. The summed E-state index contributed by atoms with van der Waals surface area (Å²) in [5.74, 6) is 1.70. The van der Waals surface area contributed by atoms with Gasteiger partial charge in [0.15, 0.2) is 0 Å². The third-order valence-corrected chi connectivity index (χ3v) is 3.95. The highest BCUT2D eigenvalue weighted by Gasteiger charge is 2.07. The highest BCUT2D eigenvalue weighted by Crippen LogP contribution is 2.25. The van der Waals surface area contributed by atoms with E-state index >= 15 is 0 Å². The molecule has 0 bridgehead atoms. The minimum atomic E-state index is -0.200. The summed E-state index contributed by atoms with van der Waals surface area (Å²) >= 11 is 0. The van der Waals surface area contributed by atoms with Crippen LogP contribution in [0.2, 0.25) is 0 Å². The highest BCUT2D eigenvalue weighted by atomic mass is 16.5. The number of benzene rings is 1. The second-order valence-electron chi connectivity index (χ2n) is 6.22. The number of ether oxygens (including phenoxy) is 2. The predicted octanol–water partition coefficient (Wildman–Crippen LogP) is 4.39. The zero-order valence-corrected chi connectivity index (χ0v) is 16.2. The number of hydrogen-bond donors (Lipinski definition) is 1. The summed E-state index contributed by atoms with van der Waals surface area (Å²) in [6.07, 6.45) is 9.20. The molecule has 0 atom stereocenters. The fraction of sp³-hybridized carbons (Fsp3) is 0.174. The van der Waals surface area contributed by atoms with Gasteiger partial charge in [0.1, 0.15) is 11.5 Å². The Balaban J connectivity index is 1.58. The molecule has 0 aliphatic carbocycles. The van der Waals surface area contributed by atoms with E-state index in [1.165, 1.54) is 6.08 Å². The summed E-state index contributed by atoms with van der Waals surface area (Å²) in [6.45, 7) is 3.05. The number of aromatic nitrogens is 2. The average Bonchev–Trinajstić information content (AvgIpc) is 2.77. The minimum Gasteiger partial charge on any atom is -0.494 e. The van der Waals surface area contributed by atoms with Gasteiger partial charge in [-0.2, -0.15) is 0 Å². The van der Waals surface area contributed by atoms with E-state index in [2.05, 4.69) is 22.2 Å². The number of hydrogen-bond acceptors (Lipinski definition) is 5. The standard InChI is InChI=1S/C23H23N3O3/c1-2-16-28-20-6-8-21(9-7-20)29-23-19(4-3-13-25-23)17-26-22(27)10-5-18-11-14-24-15-12-18/h3-15H,2,16-17H2,1H3,(H,26,27)/b10-5+. The Bertz CT molecular complexity index is 941. The molecule has 3 rings (SSSR count). The van der Waals surface area contributed by atoms with E-state index in [0.29, 0.717) is 24.8 Å². The van der Waals surface area contributed by atoms with Crippen LogP contribution in [0.1, 0.15) is 24.5 Å². The van der Waals surface area contributed by atoms with Gasteiger partial charge < -0.3 is 14.8 Å². The van der Waals surface area contributed by atoms with Crippen LogP contribution >= 0.6 is 0 Å². The maximum atomic E-state index is 12.1. The molecule has 2 aromatic heterocycles. The van der Waals surface area contributed by atoms with Crippen molar-refractivity contribution in [3.05, 3.63) is 84.3 Å². The molecule has 0 spiro atoms. The summed E-state index contributed by atoms with van der Waals surface area (Å²) in [5, 5.41) is 2.85. The lowest BCUT2D eigenvalue weighted by Gasteiger charge is -2.11. The first-order chi connectivity index (χ1) is 14.2. The van der Waals surface area contributed by atoms with E-state index in [1.54, 1.807) is 24.7 Å². The molecule has 0 fully saturated rings. The fourth-order valence-electron chi connectivity index (χ4n) is 2.47. The lowest BCUT2D eigenvalue weighted by Crippen LogP contribution is -2.20. The van der Waals surface area contributed by atoms with Gasteiger partial charge in [-0.3, -0.25) is 9.78 Å². The van der Waals surface area contributed by atoms with E-state index in [9.17, 15) is 4.79 Å². The number of pyridine rings is 2. The molecule has 0 saturated carbocycles. The van der Waals surface area contributed by atoms with E-state index in [4.69, 9.17) is 9.47 Å². The fourth-order valence-corrected chi connectivity index (χ4v) is 2.47. The molecule has 2 heterocycles. The molecule has 0 unspecified atom stereocenters. The summed E-state index contributed by atoms with van der Waals surface area (Å²) in [7, 11) is 0. The van der Waals surface area contributed by atoms with Crippen LogP contribution in [0, 0.1) is 0 Å². The first kappa shape index (κ1) is 20.1. The van der Waals surface area contributed by atoms with E-state index in [-0.39, 0.29) is 5.91 Å². The van der Waals surface area contributed by atoms with Crippen LogP contribution in [0.25, 0.3) is 6.08 Å². The Morgan fingerprint density at radius 1 is 1.03 bits per heavy atom. The molecular weight excluding hydrogens is 366 g/mol. The summed E-state index contributed by atoms with van der Waals surface area (Å²) in [6, 6.07) is 14.7. The van der Waals surface area contributed by atoms with Gasteiger partial charge in [0.25, 0.3) is 0 Å². The van der Waals surface area contributed by atoms with Gasteiger partial charge in [0.05, 0.1) is 6.61 Å². The van der Waals surface area contributed by atoms with Crippen molar-refractivity contribution in [3.63, 3.8) is 0 Å². The van der Waals surface area contributed by atoms with Gasteiger partial charge in [0.2, 0.25) is 11.8 Å². The molecule has 1 amide bonds. The molecule has 0 aliphatic rings. The zero-order valence-electron chi connectivity index (χ0n) is 16.2. The van der Waals surface area contributed by atoms with Crippen molar-refractivity contribution in [2.75, 3.05) is 6.61 Å². The van der Waals surface area contributed by atoms with Gasteiger partial charge in [-0.15, -0.1) is 0 Å². The van der Waals surface area contributed by atoms with Gasteiger partial charge in [-0.25, -0.2) is 4.98 Å². The van der Waals surface area contributed by atoms with Crippen molar-refractivity contribution in [3.8, 4) is 17.4 Å². The molecule has 1 aromatic carbocycles. The van der Waals surface area contributed by atoms with Gasteiger partial charge in [0, 0.05) is 36.8 Å². The third kappa shape index (κ3) is 6.46. The van der Waals surface area contributed by atoms with Crippen LogP contribution in [0.15, 0.2) is 73.2 Å². The Labute approximate surface area is 170 Å². The SMILES string of the molecule is CCCOc1ccc(Oc2ncccc2CNC(=O)/C=C/c2ccncc2)cc1. The molecule has 29 heavy (non-hydrogen) atoms. The number of carbonyl (C=O) groups excluding carboxylic acids is 1. The summed E-state index contributed by atoms with van der Waals surface area (Å²) in [4.78, 5) is 20.3. The van der Waals surface area contributed by atoms with Crippen LogP contribution in [0.3, 0.4) is 0 Å². The predicted molar refractivity (Wildman–Crippen MR) is 112 cm³/mol. The molecule has 1 N–H and O–H groups in total. The zero-order chi connectivity index (χ0) is 20.3. The Hall–Kier alpha value is -3.67. The molecule has 3 aromatic rings. The maximum Gasteiger partial charge on any atom is 0.244 e. The molecular formula is C23H23N3O3. The van der Waals surface area contributed by atoms with Crippen LogP contribution in [0.5, 0.6) is 17.4 Å². The molecule has 0 radical (unpaired) electrons. The average molecular weight is 389 g/mol. The van der Waals surface area contributed by atoms with Crippen LogP contribution in [-0.4, -0.2) is 22.5 Å². The maximum absolute atomic E-state index is 12.1. The topological polar surface area (TPSA) is 73.3 Å². The smallest absolute Gasteiger partial charge is 0.244 e. The number of amides is 1. The van der Waals surface area contributed by atoms with Crippen molar-refractivity contribution in [1.29, 1.82) is 0 Å². The Morgan fingerprint density at radius 3 is 2.55 bits per heavy atom. The monoisotopic (exact) mass is 389 g/mol. The normalized spacial score (nSPS) is 10.7.